The van der Waals surface area contributed by atoms with Crippen LogP contribution < -0.4 is 16.0 Å². The standard InChI is InChI=1S/C25H41N3O11/c1-14(29)27-20-22(37-17(4)32)21(36-16(3)31)18(13-35-15(2)30)38-23(20)28-19(33)11-9-8-10-12-26-24(34)39-25(5,6)7/h18,20-23H,8-13H2,1-7H3,(H,26,34)(H,27,29)(H,28,33)/t18-,20-,21-,22-,23-/m1/s1. The normalized spacial score (nSPS) is 22.6. The average Bonchev–Trinajstić information content (AvgIpc) is 2.76. The number of esters is 3. The molecule has 0 aromatic heterocycles. The van der Waals surface area contributed by atoms with E-state index in [0.717, 1.165) is 13.8 Å². The number of nitrogens with one attached hydrogen (secondary N) is 3. The molecule has 14 heteroatoms. The van der Waals surface area contributed by atoms with Gasteiger partial charge in [-0.1, -0.05) is 6.42 Å². The Hall–Kier alpha value is -3.42. The van der Waals surface area contributed by atoms with Gasteiger partial charge in [0.1, 0.15) is 24.4 Å². The smallest absolute Gasteiger partial charge is 0.407 e. The Morgan fingerprint density at radius 1 is 0.795 bits per heavy atom. The van der Waals surface area contributed by atoms with Crippen molar-refractivity contribution in [2.45, 2.75) is 110 Å². The third-order valence-electron chi connectivity index (χ3n) is 5.17. The van der Waals surface area contributed by atoms with Gasteiger partial charge in [-0.3, -0.25) is 24.0 Å². The highest BCUT2D eigenvalue weighted by Crippen LogP contribution is 2.26. The Morgan fingerprint density at radius 2 is 1.41 bits per heavy atom. The SMILES string of the molecule is CC(=O)N[C@@H]1[C@@H](OC(C)=O)[C@H](OC(C)=O)[C@@H](COC(C)=O)O[C@H]1NC(=O)CCCCCNC(=O)OC(C)(C)C. The minimum absolute atomic E-state index is 0.0965. The van der Waals surface area contributed by atoms with Crippen molar-refractivity contribution < 1.29 is 52.5 Å². The predicted octanol–water partition coefficient (Wildman–Crippen LogP) is 0.844. The Bertz CT molecular complexity index is 887. The van der Waals surface area contributed by atoms with Gasteiger partial charge in [-0.15, -0.1) is 0 Å². The van der Waals surface area contributed by atoms with Crippen molar-refractivity contribution in [2.24, 2.45) is 0 Å². The number of alkyl carbamates (subject to hydrolysis) is 1. The maximum atomic E-state index is 12.7. The van der Waals surface area contributed by atoms with Crippen LogP contribution in [0.4, 0.5) is 4.79 Å². The monoisotopic (exact) mass is 559 g/mol. The molecule has 0 radical (unpaired) electrons. The second kappa shape index (κ2) is 15.9. The molecule has 0 saturated carbocycles. The molecule has 0 aromatic rings. The molecule has 0 aromatic carbocycles. The van der Waals surface area contributed by atoms with E-state index in [-0.39, 0.29) is 13.0 Å². The lowest BCUT2D eigenvalue weighted by atomic mass is 9.95. The molecule has 0 unspecified atom stereocenters. The van der Waals surface area contributed by atoms with Gasteiger partial charge >= 0.3 is 24.0 Å². The molecular weight excluding hydrogens is 518 g/mol. The van der Waals surface area contributed by atoms with E-state index < -0.39 is 72.0 Å². The average molecular weight is 560 g/mol. The fourth-order valence-electron chi connectivity index (χ4n) is 3.78. The van der Waals surface area contributed by atoms with Crippen molar-refractivity contribution in [1.29, 1.82) is 0 Å². The van der Waals surface area contributed by atoms with Crippen LogP contribution in [-0.4, -0.2) is 85.1 Å². The summed E-state index contributed by atoms with van der Waals surface area (Å²) in [4.78, 5) is 71.5. The highest BCUT2D eigenvalue weighted by atomic mass is 16.6. The highest BCUT2D eigenvalue weighted by molar-refractivity contribution is 5.77. The molecule has 1 rings (SSSR count). The maximum Gasteiger partial charge on any atom is 0.407 e. The molecule has 1 heterocycles. The van der Waals surface area contributed by atoms with Gasteiger partial charge in [-0.25, -0.2) is 4.79 Å². The zero-order valence-electron chi connectivity index (χ0n) is 23.6. The summed E-state index contributed by atoms with van der Waals surface area (Å²) in [5.41, 5.74) is -0.595. The van der Waals surface area contributed by atoms with Crippen LogP contribution in [0.5, 0.6) is 0 Å². The van der Waals surface area contributed by atoms with Gasteiger partial charge in [0, 0.05) is 40.7 Å². The number of hydrogen-bond acceptors (Lipinski definition) is 11. The van der Waals surface area contributed by atoms with Crippen LogP contribution in [-0.2, 0) is 47.7 Å². The largest absolute Gasteiger partial charge is 0.463 e. The van der Waals surface area contributed by atoms with E-state index in [9.17, 15) is 28.8 Å². The first-order valence-corrected chi connectivity index (χ1v) is 12.8. The Morgan fingerprint density at radius 3 is 1.95 bits per heavy atom. The van der Waals surface area contributed by atoms with Crippen LogP contribution in [0.2, 0.25) is 0 Å². The zero-order chi connectivity index (χ0) is 29.8. The summed E-state index contributed by atoms with van der Waals surface area (Å²) in [7, 11) is 0. The summed E-state index contributed by atoms with van der Waals surface area (Å²) < 4.78 is 26.8. The first kappa shape index (κ1) is 33.6. The van der Waals surface area contributed by atoms with Crippen molar-refractivity contribution in [3.8, 4) is 0 Å². The van der Waals surface area contributed by atoms with Crippen molar-refractivity contribution >= 4 is 35.8 Å². The summed E-state index contributed by atoms with van der Waals surface area (Å²) in [5.74, 6) is -3.02. The zero-order valence-corrected chi connectivity index (χ0v) is 23.6. The second-order valence-corrected chi connectivity index (χ2v) is 10.1. The Labute approximate surface area is 228 Å². The summed E-state index contributed by atoms with van der Waals surface area (Å²) >= 11 is 0. The Kier molecular flexibility index (Phi) is 13.7. The molecule has 1 fully saturated rings. The third-order valence-corrected chi connectivity index (χ3v) is 5.17. The molecule has 0 spiro atoms. The van der Waals surface area contributed by atoms with Crippen LogP contribution in [0.25, 0.3) is 0 Å². The quantitative estimate of drug-likeness (QED) is 0.175. The van der Waals surface area contributed by atoms with Gasteiger partial charge in [0.05, 0.1) is 0 Å². The maximum absolute atomic E-state index is 12.7. The lowest BCUT2D eigenvalue weighted by Gasteiger charge is -2.45. The van der Waals surface area contributed by atoms with E-state index in [0.29, 0.717) is 25.8 Å². The van der Waals surface area contributed by atoms with E-state index in [1.807, 2.05) is 0 Å². The van der Waals surface area contributed by atoms with E-state index >= 15 is 0 Å². The summed E-state index contributed by atoms with van der Waals surface area (Å²) in [6, 6.07) is -1.12. The van der Waals surface area contributed by atoms with Crippen molar-refractivity contribution in [2.75, 3.05) is 13.2 Å². The molecule has 5 atom stereocenters. The van der Waals surface area contributed by atoms with Crippen molar-refractivity contribution in [3.63, 3.8) is 0 Å². The third kappa shape index (κ3) is 13.8. The van der Waals surface area contributed by atoms with Gasteiger partial charge in [0.2, 0.25) is 11.8 Å². The van der Waals surface area contributed by atoms with Gasteiger partial charge in [-0.05, 0) is 33.6 Å². The molecule has 1 aliphatic heterocycles. The molecule has 222 valence electrons. The van der Waals surface area contributed by atoms with Crippen LogP contribution >= 0.6 is 0 Å². The fraction of sp³-hybridized carbons (Fsp3) is 0.760. The predicted molar refractivity (Wildman–Crippen MR) is 135 cm³/mol. The number of carbonyl (C=O) groups is 6. The number of hydrogen-bond donors (Lipinski definition) is 3. The van der Waals surface area contributed by atoms with E-state index in [2.05, 4.69) is 16.0 Å². The van der Waals surface area contributed by atoms with Crippen molar-refractivity contribution in [1.82, 2.24) is 16.0 Å². The van der Waals surface area contributed by atoms with Crippen LogP contribution in [0.15, 0.2) is 0 Å². The molecule has 1 aliphatic rings. The lowest BCUT2D eigenvalue weighted by molar-refractivity contribution is -0.228. The number of amides is 3. The van der Waals surface area contributed by atoms with E-state index in [4.69, 9.17) is 23.7 Å². The van der Waals surface area contributed by atoms with E-state index in [1.54, 1.807) is 20.8 Å². The highest BCUT2D eigenvalue weighted by Gasteiger charge is 2.51. The second-order valence-electron chi connectivity index (χ2n) is 10.1. The number of unbranched alkanes of at least 4 members (excludes halogenated alkanes) is 2. The molecule has 14 nitrogen and oxygen atoms in total. The first-order chi connectivity index (χ1) is 18.1. The summed E-state index contributed by atoms with van der Waals surface area (Å²) in [6.45, 7) is 9.98. The minimum Gasteiger partial charge on any atom is -0.463 e. The summed E-state index contributed by atoms with van der Waals surface area (Å²) in [5, 5.41) is 7.90. The van der Waals surface area contributed by atoms with Crippen LogP contribution in [0.1, 0.15) is 74.1 Å². The lowest BCUT2D eigenvalue weighted by Crippen LogP contribution is -2.69. The number of carbonyl (C=O) groups excluding carboxylic acids is 6. The Balaban J connectivity index is 2.87. The topological polar surface area (TPSA) is 185 Å². The fourth-order valence-corrected chi connectivity index (χ4v) is 3.78. The van der Waals surface area contributed by atoms with Gasteiger partial charge in [0.15, 0.2) is 18.4 Å². The van der Waals surface area contributed by atoms with Gasteiger partial charge < -0.3 is 39.6 Å². The first-order valence-electron chi connectivity index (χ1n) is 12.8. The van der Waals surface area contributed by atoms with Gasteiger partial charge in [0.25, 0.3) is 0 Å². The minimum atomic E-state index is -1.26. The van der Waals surface area contributed by atoms with Crippen LogP contribution in [0, 0.1) is 0 Å². The van der Waals surface area contributed by atoms with Gasteiger partial charge in [-0.2, -0.15) is 0 Å². The molecule has 39 heavy (non-hydrogen) atoms. The molecule has 0 aliphatic carbocycles. The molecule has 0 bridgehead atoms. The van der Waals surface area contributed by atoms with E-state index in [1.165, 1.54) is 13.8 Å². The number of ether oxygens (including phenoxy) is 5. The summed E-state index contributed by atoms with van der Waals surface area (Å²) in [6.07, 6.45) is -3.51. The molecular formula is C25H41N3O11. The molecule has 3 N–H and O–H groups in total. The van der Waals surface area contributed by atoms with Crippen molar-refractivity contribution in [3.05, 3.63) is 0 Å². The molecule has 1 saturated heterocycles. The number of rotatable bonds is 12. The van der Waals surface area contributed by atoms with Crippen LogP contribution in [0.3, 0.4) is 0 Å². The molecule has 3 amide bonds.